The maximum atomic E-state index is 12.6. The smallest absolute Gasteiger partial charge is 0.322 e. The van der Waals surface area contributed by atoms with Crippen LogP contribution >= 0.6 is 0 Å². The lowest BCUT2D eigenvalue weighted by atomic mass is 10.0. The Kier molecular flexibility index (Phi) is 9.97. The van der Waals surface area contributed by atoms with E-state index in [9.17, 15) is 9.59 Å². The topological polar surface area (TPSA) is 64.7 Å². The second-order valence-electron chi connectivity index (χ2n) is 9.94. The van der Waals surface area contributed by atoms with Crippen LogP contribution in [0.4, 0.5) is 16.2 Å². The van der Waals surface area contributed by atoms with Crippen molar-refractivity contribution in [3.8, 4) is 0 Å². The number of amides is 3. The van der Waals surface area contributed by atoms with Crippen LogP contribution in [0, 0.1) is 0 Å². The van der Waals surface area contributed by atoms with E-state index in [1.54, 1.807) is 0 Å². The molecule has 6 nitrogen and oxygen atoms in total. The van der Waals surface area contributed by atoms with Crippen molar-refractivity contribution in [1.82, 2.24) is 9.80 Å². The largest absolute Gasteiger partial charge is 0.376 e. The van der Waals surface area contributed by atoms with Crippen LogP contribution in [-0.4, -0.2) is 52.5 Å². The number of nitrogens with zero attached hydrogens (tertiary/aromatic N) is 2. The highest BCUT2D eigenvalue weighted by Gasteiger charge is 2.20. The van der Waals surface area contributed by atoms with E-state index in [1.165, 1.54) is 11.1 Å². The van der Waals surface area contributed by atoms with Gasteiger partial charge in [-0.2, -0.15) is 0 Å². The summed E-state index contributed by atoms with van der Waals surface area (Å²) in [5, 5.41) is 6.24. The fourth-order valence-corrected chi connectivity index (χ4v) is 4.38. The third-order valence-corrected chi connectivity index (χ3v) is 5.76. The van der Waals surface area contributed by atoms with Crippen molar-refractivity contribution < 1.29 is 9.59 Å². The maximum Gasteiger partial charge on any atom is 0.322 e. The van der Waals surface area contributed by atoms with E-state index in [4.69, 9.17) is 0 Å². The summed E-state index contributed by atoms with van der Waals surface area (Å²) < 4.78 is 0. The van der Waals surface area contributed by atoms with E-state index >= 15 is 0 Å². The molecule has 0 bridgehead atoms. The molecule has 0 saturated heterocycles. The fourth-order valence-electron chi connectivity index (χ4n) is 4.38. The van der Waals surface area contributed by atoms with Crippen LogP contribution in [0.15, 0.2) is 48.5 Å². The maximum absolute atomic E-state index is 12.6. The van der Waals surface area contributed by atoms with E-state index in [0.717, 1.165) is 17.8 Å². The van der Waals surface area contributed by atoms with Gasteiger partial charge in [0.2, 0.25) is 5.91 Å². The van der Waals surface area contributed by atoms with E-state index in [0.29, 0.717) is 0 Å². The number of rotatable bonds is 10. The van der Waals surface area contributed by atoms with Crippen molar-refractivity contribution in [1.29, 1.82) is 0 Å². The number of benzene rings is 2. The number of carbonyl (C=O) groups excluding carboxylic acids is 2. The Morgan fingerprint density at radius 1 is 0.647 bits per heavy atom. The number of hydrogen-bond donors (Lipinski definition) is 2. The van der Waals surface area contributed by atoms with Gasteiger partial charge in [-0.25, -0.2) is 4.79 Å². The summed E-state index contributed by atoms with van der Waals surface area (Å²) in [6.07, 6.45) is 0.798. The van der Waals surface area contributed by atoms with Gasteiger partial charge >= 0.3 is 6.03 Å². The lowest BCUT2D eigenvalue weighted by molar-refractivity contribution is -0.132. The summed E-state index contributed by atoms with van der Waals surface area (Å²) in [5.74, 6) is 0.103. The molecule has 0 aliphatic carbocycles. The van der Waals surface area contributed by atoms with Crippen LogP contribution in [0.1, 0.15) is 66.5 Å². The second kappa shape index (κ2) is 12.4. The Labute approximate surface area is 205 Å². The van der Waals surface area contributed by atoms with Crippen molar-refractivity contribution in [3.63, 3.8) is 0 Å². The molecule has 0 heterocycles. The first-order valence-electron chi connectivity index (χ1n) is 12.3. The molecule has 0 radical (unpaired) electrons. The zero-order chi connectivity index (χ0) is 25.4. The highest BCUT2D eigenvalue weighted by atomic mass is 16.2. The number of carbonyl (C=O) groups is 2. The quantitative estimate of drug-likeness (QED) is 0.452. The summed E-state index contributed by atoms with van der Waals surface area (Å²) in [5.41, 5.74) is 4.08. The number of hydrogen-bond acceptors (Lipinski definition) is 3. The van der Waals surface area contributed by atoms with Crippen LogP contribution < -0.4 is 10.6 Å². The van der Waals surface area contributed by atoms with Crippen LogP contribution in [0.2, 0.25) is 0 Å². The molecule has 2 aromatic rings. The average Bonchev–Trinajstić information content (AvgIpc) is 2.73. The van der Waals surface area contributed by atoms with E-state index < -0.39 is 0 Å². The molecule has 0 aliphatic heterocycles. The van der Waals surface area contributed by atoms with Gasteiger partial charge in [0.25, 0.3) is 0 Å². The van der Waals surface area contributed by atoms with Crippen LogP contribution in [-0.2, 0) is 11.2 Å². The minimum Gasteiger partial charge on any atom is -0.376 e. The summed E-state index contributed by atoms with van der Waals surface area (Å²) in [6.45, 7) is 16.5. The molecule has 0 spiro atoms. The molecule has 0 aromatic heterocycles. The minimum absolute atomic E-state index is 0.0794. The van der Waals surface area contributed by atoms with Crippen molar-refractivity contribution in [2.24, 2.45) is 0 Å². The first-order valence-corrected chi connectivity index (χ1v) is 12.3. The van der Waals surface area contributed by atoms with Gasteiger partial charge in [-0.3, -0.25) is 4.79 Å². The Hall–Kier alpha value is -3.02. The van der Waals surface area contributed by atoms with Gasteiger partial charge in [0.15, 0.2) is 0 Å². The molecule has 0 atom stereocenters. The van der Waals surface area contributed by atoms with E-state index in [1.807, 2.05) is 102 Å². The number of anilines is 2. The molecule has 186 valence electrons. The molecule has 3 amide bonds. The Morgan fingerprint density at radius 2 is 1.06 bits per heavy atom. The normalized spacial score (nSPS) is 11.3. The van der Waals surface area contributed by atoms with Crippen molar-refractivity contribution >= 4 is 23.3 Å². The highest BCUT2D eigenvalue weighted by Crippen LogP contribution is 2.17. The van der Waals surface area contributed by atoms with Crippen LogP contribution in [0.25, 0.3) is 0 Å². The molecule has 0 unspecified atom stereocenters. The third kappa shape index (κ3) is 7.79. The SMILES string of the molecule is CC(C)N(C(=O)CNc1ccc(Cc2ccc(NC(=O)N(C(C)C)C(C)C)cc2)cc1)C(C)C. The van der Waals surface area contributed by atoms with Gasteiger partial charge in [-0.05, 0) is 97.2 Å². The van der Waals surface area contributed by atoms with Crippen LogP contribution in [0.3, 0.4) is 0 Å². The molecular weight excluding hydrogens is 424 g/mol. The highest BCUT2D eigenvalue weighted by molar-refractivity contribution is 5.89. The van der Waals surface area contributed by atoms with Gasteiger partial charge in [0, 0.05) is 35.5 Å². The van der Waals surface area contributed by atoms with Crippen molar-refractivity contribution in [2.75, 3.05) is 17.2 Å². The Balaban J connectivity index is 1.92. The first kappa shape index (κ1) is 27.2. The summed E-state index contributed by atoms with van der Waals surface area (Å²) >= 11 is 0. The molecule has 34 heavy (non-hydrogen) atoms. The summed E-state index contributed by atoms with van der Waals surface area (Å²) in [6, 6.07) is 16.7. The molecule has 0 saturated carbocycles. The standard InChI is InChI=1S/C28H42N4O2/c1-19(2)31(20(3)4)27(33)18-29-25-13-9-23(10-14-25)17-24-11-15-26(16-12-24)30-28(34)32(21(5)6)22(7)8/h9-16,19-22,29H,17-18H2,1-8H3,(H,30,34). The molecule has 2 N–H and O–H groups in total. The van der Waals surface area contributed by atoms with Gasteiger partial charge in [-0.15, -0.1) is 0 Å². The number of urea groups is 1. The molecule has 2 rings (SSSR count). The zero-order valence-corrected chi connectivity index (χ0v) is 22.1. The minimum atomic E-state index is -0.0794. The fraction of sp³-hybridized carbons (Fsp3) is 0.500. The first-order chi connectivity index (χ1) is 16.0. The Morgan fingerprint density at radius 3 is 1.47 bits per heavy atom. The van der Waals surface area contributed by atoms with E-state index in [2.05, 4.69) is 22.8 Å². The van der Waals surface area contributed by atoms with Crippen molar-refractivity contribution in [3.05, 3.63) is 59.7 Å². The number of nitrogens with one attached hydrogen (secondary N) is 2. The summed E-state index contributed by atoms with van der Waals surface area (Å²) in [7, 11) is 0. The zero-order valence-electron chi connectivity index (χ0n) is 22.1. The molecule has 0 aliphatic rings. The third-order valence-electron chi connectivity index (χ3n) is 5.76. The van der Waals surface area contributed by atoms with Gasteiger partial charge in [-0.1, -0.05) is 24.3 Å². The van der Waals surface area contributed by atoms with E-state index in [-0.39, 0.29) is 42.7 Å². The van der Waals surface area contributed by atoms with Crippen LogP contribution in [0.5, 0.6) is 0 Å². The molecule has 2 aromatic carbocycles. The predicted octanol–water partition coefficient (Wildman–Crippen LogP) is 5.99. The lowest BCUT2D eigenvalue weighted by Gasteiger charge is -2.31. The summed E-state index contributed by atoms with van der Waals surface area (Å²) in [4.78, 5) is 28.9. The monoisotopic (exact) mass is 466 g/mol. The predicted molar refractivity (Wildman–Crippen MR) is 142 cm³/mol. The van der Waals surface area contributed by atoms with Gasteiger partial charge < -0.3 is 20.4 Å². The second-order valence-corrected chi connectivity index (χ2v) is 9.94. The van der Waals surface area contributed by atoms with Crippen molar-refractivity contribution in [2.45, 2.75) is 86.0 Å². The molecular formula is C28H42N4O2. The molecule has 6 heteroatoms. The average molecular weight is 467 g/mol. The van der Waals surface area contributed by atoms with Gasteiger partial charge in [0.1, 0.15) is 0 Å². The van der Waals surface area contributed by atoms with Gasteiger partial charge in [0.05, 0.1) is 6.54 Å². The Bertz CT molecular complexity index is 902. The molecule has 0 fully saturated rings. The lowest BCUT2D eigenvalue weighted by Crippen LogP contribution is -2.44.